The predicted molar refractivity (Wildman–Crippen MR) is 77.9 cm³/mol. The molecule has 0 radical (unpaired) electrons. The summed E-state index contributed by atoms with van der Waals surface area (Å²) in [6.45, 7) is 2.30. The van der Waals surface area contributed by atoms with Gasteiger partial charge in [-0.05, 0) is 25.1 Å². The number of carbonyl (C=O) groups is 2. The van der Waals surface area contributed by atoms with Crippen LogP contribution in [0.15, 0.2) is 29.6 Å². The summed E-state index contributed by atoms with van der Waals surface area (Å²) in [5.74, 6) is -0.432. The van der Waals surface area contributed by atoms with Gasteiger partial charge in [-0.15, -0.1) is 11.3 Å². The van der Waals surface area contributed by atoms with Crippen LogP contribution in [0.1, 0.15) is 31.4 Å². The second kappa shape index (κ2) is 6.29. The van der Waals surface area contributed by atoms with Gasteiger partial charge in [0.1, 0.15) is 5.01 Å². The predicted octanol–water partition coefficient (Wildman–Crippen LogP) is 1.74. The van der Waals surface area contributed by atoms with Crippen molar-refractivity contribution in [2.24, 2.45) is 0 Å². The molecule has 0 aliphatic rings. The summed E-state index contributed by atoms with van der Waals surface area (Å²) < 4.78 is 0. The summed E-state index contributed by atoms with van der Waals surface area (Å²) in [6, 6.07) is 6.60. The summed E-state index contributed by atoms with van der Waals surface area (Å²) in [7, 11) is 1.56. The molecule has 5 nitrogen and oxygen atoms in total. The fourth-order valence-corrected chi connectivity index (χ4v) is 2.40. The highest BCUT2D eigenvalue weighted by atomic mass is 32.1. The second-order valence-corrected chi connectivity index (χ2v) is 5.17. The number of aromatic nitrogens is 1. The van der Waals surface area contributed by atoms with Gasteiger partial charge >= 0.3 is 0 Å². The highest BCUT2D eigenvalue weighted by Crippen LogP contribution is 2.09. The minimum absolute atomic E-state index is 0.213. The first-order chi connectivity index (χ1) is 9.60. The summed E-state index contributed by atoms with van der Waals surface area (Å²) in [5, 5.41) is 8.12. The van der Waals surface area contributed by atoms with E-state index in [1.54, 1.807) is 31.3 Å². The van der Waals surface area contributed by atoms with Crippen molar-refractivity contribution in [2.45, 2.75) is 13.5 Å². The van der Waals surface area contributed by atoms with Crippen molar-refractivity contribution in [2.75, 3.05) is 7.05 Å². The van der Waals surface area contributed by atoms with Gasteiger partial charge in [-0.25, -0.2) is 4.98 Å². The number of hydrogen-bond acceptors (Lipinski definition) is 4. The number of aryl methyl sites for hydroxylation is 1. The van der Waals surface area contributed by atoms with Crippen LogP contribution < -0.4 is 10.6 Å². The van der Waals surface area contributed by atoms with E-state index in [1.165, 1.54) is 11.3 Å². The fraction of sp³-hybridized carbons (Fsp3) is 0.214. The normalized spacial score (nSPS) is 10.1. The number of thiazole rings is 1. The molecule has 6 heteroatoms. The van der Waals surface area contributed by atoms with Crippen LogP contribution in [-0.4, -0.2) is 23.8 Å². The molecular weight excluding hydrogens is 274 g/mol. The van der Waals surface area contributed by atoms with Crippen LogP contribution in [0.25, 0.3) is 0 Å². The maximum absolute atomic E-state index is 12.0. The van der Waals surface area contributed by atoms with Gasteiger partial charge in [0.25, 0.3) is 11.8 Å². The molecule has 0 spiro atoms. The Morgan fingerprint density at radius 3 is 2.55 bits per heavy atom. The van der Waals surface area contributed by atoms with Gasteiger partial charge in [-0.1, -0.05) is 6.07 Å². The van der Waals surface area contributed by atoms with Crippen LogP contribution in [0, 0.1) is 6.92 Å². The van der Waals surface area contributed by atoms with E-state index in [4.69, 9.17) is 0 Å². The lowest BCUT2D eigenvalue weighted by Crippen LogP contribution is -2.24. The Kier molecular flexibility index (Phi) is 4.47. The number of hydrogen-bond donors (Lipinski definition) is 2. The summed E-state index contributed by atoms with van der Waals surface area (Å²) in [6.07, 6.45) is 0. The molecule has 1 aromatic heterocycles. The number of amides is 2. The summed E-state index contributed by atoms with van der Waals surface area (Å²) in [4.78, 5) is 27.8. The van der Waals surface area contributed by atoms with E-state index in [0.29, 0.717) is 17.7 Å². The molecule has 1 heterocycles. The zero-order valence-electron chi connectivity index (χ0n) is 11.3. The maximum Gasteiger partial charge on any atom is 0.251 e. The van der Waals surface area contributed by atoms with Crippen molar-refractivity contribution in [3.63, 3.8) is 0 Å². The molecule has 0 unspecified atom stereocenters. The van der Waals surface area contributed by atoms with Crippen LogP contribution in [0.5, 0.6) is 0 Å². The Bertz CT molecular complexity index is 637. The molecule has 2 aromatic rings. The van der Waals surface area contributed by atoms with E-state index in [-0.39, 0.29) is 11.8 Å². The van der Waals surface area contributed by atoms with Crippen LogP contribution in [0.2, 0.25) is 0 Å². The third-order valence-corrected chi connectivity index (χ3v) is 3.65. The number of rotatable bonds is 4. The zero-order valence-corrected chi connectivity index (χ0v) is 12.1. The van der Waals surface area contributed by atoms with E-state index in [1.807, 2.05) is 12.3 Å². The number of benzene rings is 1. The minimum atomic E-state index is -0.219. The Hall–Kier alpha value is -2.21. The number of nitrogens with zero attached hydrogens (tertiary/aromatic N) is 1. The average molecular weight is 289 g/mol. The van der Waals surface area contributed by atoms with E-state index in [0.717, 1.165) is 10.7 Å². The van der Waals surface area contributed by atoms with Gasteiger partial charge in [-0.2, -0.15) is 0 Å². The average Bonchev–Trinajstić information content (AvgIpc) is 2.89. The second-order valence-electron chi connectivity index (χ2n) is 4.23. The van der Waals surface area contributed by atoms with Crippen molar-refractivity contribution in [3.05, 3.63) is 51.5 Å². The molecule has 0 saturated carbocycles. The SMILES string of the molecule is CNC(=O)c1cccc(C(=O)NCc2nc(C)cs2)c1. The molecule has 0 atom stereocenters. The quantitative estimate of drug-likeness (QED) is 0.900. The van der Waals surface area contributed by atoms with Crippen molar-refractivity contribution < 1.29 is 9.59 Å². The van der Waals surface area contributed by atoms with Crippen molar-refractivity contribution in [1.29, 1.82) is 0 Å². The third-order valence-electron chi connectivity index (χ3n) is 2.68. The molecule has 2 N–H and O–H groups in total. The maximum atomic E-state index is 12.0. The van der Waals surface area contributed by atoms with Gasteiger partial charge in [0.2, 0.25) is 0 Å². The van der Waals surface area contributed by atoms with Crippen LogP contribution in [0.3, 0.4) is 0 Å². The Labute approximate surface area is 121 Å². The van der Waals surface area contributed by atoms with E-state index in [2.05, 4.69) is 15.6 Å². The highest BCUT2D eigenvalue weighted by molar-refractivity contribution is 7.09. The van der Waals surface area contributed by atoms with Crippen molar-refractivity contribution >= 4 is 23.2 Å². The smallest absolute Gasteiger partial charge is 0.251 e. The van der Waals surface area contributed by atoms with Gasteiger partial charge in [0, 0.05) is 29.2 Å². The van der Waals surface area contributed by atoms with Crippen LogP contribution in [0.4, 0.5) is 0 Å². The van der Waals surface area contributed by atoms with Gasteiger partial charge < -0.3 is 10.6 Å². The van der Waals surface area contributed by atoms with Crippen molar-refractivity contribution in [1.82, 2.24) is 15.6 Å². The zero-order chi connectivity index (χ0) is 14.5. The highest BCUT2D eigenvalue weighted by Gasteiger charge is 2.09. The molecule has 2 rings (SSSR count). The molecule has 0 aliphatic carbocycles. The first kappa shape index (κ1) is 14.2. The molecule has 1 aromatic carbocycles. The van der Waals surface area contributed by atoms with Crippen LogP contribution in [-0.2, 0) is 6.54 Å². The lowest BCUT2D eigenvalue weighted by atomic mass is 10.1. The standard InChI is InChI=1S/C14H15N3O2S/c1-9-8-20-12(17-9)7-16-14(19)11-5-3-4-10(6-11)13(18)15-2/h3-6,8H,7H2,1-2H3,(H,15,18)(H,16,19). The molecule has 0 bridgehead atoms. The molecule has 20 heavy (non-hydrogen) atoms. The van der Waals surface area contributed by atoms with Gasteiger partial charge in [0.05, 0.1) is 6.54 Å². The topological polar surface area (TPSA) is 71.1 Å². The fourth-order valence-electron chi connectivity index (χ4n) is 1.69. The monoisotopic (exact) mass is 289 g/mol. The minimum Gasteiger partial charge on any atom is -0.355 e. The lowest BCUT2D eigenvalue weighted by Gasteiger charge is -2.05. The Morgan fingerprint density at radius 1 is 1.25 bits per heavy atom. The molecule has 0 aliphatic heterocycles. The number of carbonyl (C=O) groups excluding carboxylic acids is 2. The third kappa shape index (κ3) is 3.42. The summed E-state index contributed by atoms with van der Waals surface area (Å²) >= 11 is 1.51. The molecular formula is C14H15N3O2S. The Morgan fingerprint density at radius 2 is 1.95 bits per heavy atom. The van der Waals surface area contributed by atoms with E-state index < -0.39 is 0 Å². The largest absolute Gasteiger partial charge is 0.355 e. The van der Waals surface area contributed by atoms with Crippen LogP contribution >= 0.6 is 11.3 Å². The van der Waals surface area contributed by atoms with Gasteiger partial charge in [0.15, 0.2) is 0 Å². The molecule has 0 fully saturated rings. The number of nitrogens with one attached hydrogen (secondary N) is 2. The van der Waals surface area contributed by atoms with Crippen molar-refractivity contribution in [3.8, 4) is 0 Å². The lowest BCUT2D eigenvalue weighted by molar-refractivity contribution is 0.0951. The first-order valence-corrected chi connectivity index (χ1v) is 6.99. The molecule has 2 amide bonds. The van der Waals surface area contributed by atoms with Gasteiger partial charge in [-0.3, -0.25) is 9.59 Å². The van der Waals surface area contributed by atoms with E-state index in [9.17, 15) is 9.59 Å². The Balaban J connectivity index is 2.03. The van der Waals surface area contributed by atoms with E-state index >= 15 is 0 Å². The first-order valence-electron chi connectivity index (χ1n) is 6.11. The molecule has 104 valence electrons. The molecule has 0 saturated heterocycles. The summed E-state index contributed by atoms with van der Waals surface area (Å²) in [5.41, 5.74) is 1.87.